The van der Waals surface area contributed by atoms with Crippen LogP contribution in [0.4, 0.5) is 0 Å². The molecule has 8 heavy (non-hydrogen) atoms. The molecule has 0 heteroatoms. The molecule has 0 atom stereocenters. The third kappa shape index (κ3) is 5.48. The molecule has 0 aromatic rings. The highest BCUT2D eigenvalue weighted by molar-refractivity contribution is 4.97. The second kappa shape index (κ2) is 6.48. The summed E-state index contributed by atoms with van der Waals surface area (Å²) in [5, 5.41) is 0. The molecule has 0 saturated heterocycles. The Hall–Kier alpha value is -0.520. The van der Waals surface area contributed by atoms with Crippen LogP contribution in [0.15, 0.2) is 24.3 Å². The fraction of sp³-hybridized carbons (Fsp3) is 0.375. The van der Waals surface area contributed by atoms with Crippen LogP contribution in [0.25, 0.3) is 0 Å². The van der Waals surface area contributed by atoms with Crippen LogP contribution < -0.4 is 0 Å². The van der Waals surface area contributed by atoms with Gasteiger partial charge in [-0.05, 0) is 26.7 Å². The van der Waals surface area contributed by atoms with Gasteiger partial charge in [-0.15, -0.1) is 0 Å². The number of hydrogen-bond acceptors (Lipinski definition) is 0. The lowest BCUT2D eigenvalue weighted by Gasteiger charge is -1.80. The minimum Gasteiger partial charge on any atom is -0.0916 e. The topological polar surface area (TPSA) is 0 Å². The minimum atomic E-state index is 1.06. The number of allylic oxidation sites excluding steroid dienone is 4. The van der Waals surface area contributed by atoms with Gasteiger partial charge in [0, 0.05) is 0 Å². The maximum absolute atomic E-state index is 2.12. The molecule has 0 aliphatic carbocycles. The van der Waals surface area contributed by atoms with E-state index in [1.807, 2.05) is 19.9 Å². The van der Waals surface area contributed by atoms with E-state index in [9.17, 15) is 0 Å². The first-order chi connectivity index (χ1) is 3.91. The Morgan fingerprint density at radius 3 is 2.38 bits per heavy atom. The molecular weight excluding hydrogens is 96.1 g/mol. The monoisotopic (exact) mass is 109 g/mol. The van der Waals surface area contributed by atoms with E-state index in [0.29, 0.717) is 0 Å². The van der Waals surface area contributed by atoms with Crippen molar-refractivity contribution in [2.75, 3.05) is 0 Å². The molecule has 0 unspecified atom stereocenters. The van der Waals surface area contributed by atoms with E-state index >= 15 is 0 Å². The quantitative estimate of drug-likeness (QED) is 0.386. The van der Waals surface area contributed by atoms with E-state index < -0.39 is 0 Å². The van der Waals surface area contributed by atoms with Crippen molar-refractivity contribution in [3.8, 4) is 0 Å². The van der Waals surface area contributed by atoms with Gasteiger partial charge < -0.3 is 0 Å². The van der Waals surface area contributed by atoms with Crippen LogP contribution in [0.1, 0.15) is 20.3 Å². The van der Waals surface area contributed by atoms with Gasteiger partial charge in [-0.2, -0.15) is 0 Å². The average molecular weight is 109 g/mol. The van der Waals surface area contributed by atoms with E-state index in [1.165, 1.54) is 0 Å². The molecule has 0 nitrogen and oxygen atoms in total. The smallest absolute Gasteiger partial charge is 0.0133 e. The maximum Gasteiger partial charge on any atom is -0.0133 e. The van der Waals surface area contributed by atoms with E-state index in [-0.39, 0.29) is 0 Å². The van der Waals surface area contributed by atoms with Gasteiger partial charge in [-0.25, -0.2) is 0 Å². The van der Waals surface area contributed by atoms with Gasteiger partial charge in [-0.3, -0.25) is 0 Å². The fourth-order valence-electron chi connectivity index (χ4n) is 0.429. The summed E-state index contributed by atoms with van der Waals surface area (Å²) in [5.74, 6) is 0. The average Bonchev–Trinajstić information content (AvgIpc) is 1.81. The van der Waals surface area contributed by atoms with Crippen molar-refractivity contribution in [2.45, 2.75) is 20.3 Å². The van der Waals surface area contributed by atoms with Crippen molar-refractivity contribution in [2.24, 2.45) is 0 Å². The van der Waals surface area contributed by atoms with E-state index in [1.54, 1.807) is 0 Å². The van der Waals surface area contributed by atoms with Crippen LogP contribution >= 0.6 is 0 Å². The second-order valence-electron chi connectivity index (χ2n) is 1.57. The van der Waals surface area contributed by atoms with Gasteiger partial charge in [-0.1, -0.05) is 24.3 Å². The predicted octanol–water partition coefficient (Wildman–Crippen LogP) is 2.73. The van der Waals surface area contributed by atoms with E-state index in [0.717, 1.165) is 6.42 Å². The molecule has 0 spiro atoms. The molecule has 0 aliphatic rings. The first-order valence-electron chi connectivity index (χ1n) is 2.97. The summed E-state index contributed by atoms with van der Waals surface area (Å²) in [5.41, 5.74) is 0. The predicted molar refractivity (Wildman–Crippen MR) is 38.5 cm³/mol. The molecule has 0 bridgehead atoms. The number of unbranched alkanes of at least 4 members (excludes halogenated alkanes) is 1. The first kappa shape index (κ1) is 7.48. The van der Waals surface area contributed by atoms with Gasteiger partial charge in [0.15, 0.2) is 0 Å². The molecule has 0 fully saturated rings. The van der Waals surface area contributed by atoms with Crippen molar-refractivity contribution in [3.63, 3.8) is 0 Å². The normalized spacial score (nSPS) is 11.8. The Balaban J connectivity index is 2.93. The summed E-state index contributed by atoms with van der Waals surface area (Å²) in [4.78, 5) is 0. The zero-order valence-corrected chi connectivity index (χ0v) is 5.59. The van der Waals surface area contributed by atoms with Crippen LogP contribution in [0, 0.1) is 6.42 Å². The standard InChI is InChI=1S/C8H13/c1-3-5-7-8-6-4-2/h3-7H,8H2,1-2H3/b5-3+,6-4+. The zero-order valence-electron chi connectivity index (χ0n) is 5.59. The molecule has 0 heterocycles. The van der Waals surface area contributed by atoms with E-state index in [4.69, 9.17) is 0 Å². The third-order valence-electron chi connectivity index (χ3n) is 0.836. The lowest BCUT2D eigenvalue weighted by atomic mass is 10.3. The van der Waals surface area contributed by atoms with Gasteiger partial charge in [0.2, 0.25) is 0 Å². The molecule has 0 rings (SSSR count). The van der Waals surface area contributed by atoms with Crippen molar-refractivity contribution in [1.82, 2.24) is 0 Å². The van der Waals surface area contributed by atoms with Crippen molar-refractivity contribution >= 4 is 0 Å². The van der Waals surface area contributed by atoms with Crippen molar-refractivity contribution in [3.05, 3.63) is 30.7 Å². The molecule has 0 aromatic carbocycles. The Labute approximate surface area is 51.9 Å². The summed E-state index contributed by atoms with van der Waals surface area (Å²) >= 11 is 0. The molecule has 0 aromatic heterocycles. The minimum absolute atomic E-state index is 1.06. The lowest BCUT2D eigenvalue weighted by molar-refractivity contribution is 1.28. The summed E-state index contributed by atoms with van der Waals surface area (Å²) in [6.07, 6.45) is 11.4. The Bertz CT molecular complexity index is 66.0. The van der Waals surface area contributed by atoms with Crippen LogP contribution in [-0.4, -0.2) is 0 Å². The second-order valence-corrected chi connectivity index (χ2v) is 1.57. The van der Waals surface area contributed by atoms with E-state index in [2.05, 4.69) is 24.6 Å². The lowest BCUT2D eigenvalue weighted by Crippen LogP contribution is -1.62. The molecular formula is C8H13. The van der Waals surface area contributed by atoms with Crippen LogP contribution in [0.5, 0.6) is 0 Å². The number of rotatable bonds is 3. The molecule has 0 saturated carbocycles. The highest BCUT2D eigenvalue weighted by atomic mass is 13.8. The molecule has 0 N–H and O–H groups in total. The van der Waals surface area contributed by atoms with Gasteiger partial charge in [0.05, 0.1) is 0 Å². The number of hydrogen-bond donors (Lipinski definition) is 0. The highest BCUT2D eigenvalue weighted by Crippen LogP contribution is 1.89. The van der Waals surface area contributed by atoms with Crippen LogP contribution in [0.2, 0.25) is 0 Å². The molecule has 45 valence electrons. The van der Waals surface area contributed by atoms with Gasteiger partial charge in [0.25, 0.3) is 0 Å². The van der Waals surface area contributed by atoms with Crippen molar-refractivity contribution < 1.29 is 0 Å². The largest absolute Gasteiger partial charge is 0.0916 e. The Morgan fingerprint density at radius 1 is 1.12 bits per heavy atom. The molecule has 0 aliphatic heterocycles. The van der Waals surface area contributed by atoms with Gasteiger partial charge >= 0.3 is 0 Å². The highest BCUT2D eigenvalue weighted by Gasteiger charge is 1.71. The zero-order chi connectivity index (χ0) is 6.24. The van der Waals surface area contributed by atoms with Crippen LogP contribution in [0.3, 0.4) is 0 Å². The SMILES string of the molecule is C/C=C/[CH]C/C=C/C. The molecule has 1 radical (unpaired) electrons. The molecule has 0 amide bonds. The Kier molecular flexibility index (Phi) is 6.06. The van der Waals surface area contributed by atoms with Crippen molar-refractivity contribution in [1.29, 1.82) is 0 Å². The van der Waals surface area contributed by atoms with Gasteiger partial charge in [0.1, 0.15) is 0 Å². The third-order valence-corrected chi connectivity index (χ3v) is 0.836. The Morgan fingerprint density at radius 2 is 1.88 bits per heavy atom. The summed E-state index contributed by atoms with van der Waals surface area (Å²) in [6.45, 7) is 4.05. The van der Waals surface area contributed by atoms with Crippen LogP contribution in [-0.2, 0) is 0 Å². The maximum atomic E-state index is 2.12. The first-order valence-corrected chi connectivity index (χ1v) is 2.97. The summed E-state index contributed by atoms with van der Waals surface area (Å²) in [7, 11) is 0. The summed E-state index contributed by atoms with van der Waals surface area (Å²) < 4.78 is 0. The summed E-state index contributed by atoms with van der Waals surface area (Å²) in [6, 6.07) is 0. The fourth-order valence-corrected chi connectivity index (χ4v) is 0.429.